The van der Waals surface area contributed by atoms with E-state index >= 15 is 0 Å². The molecule has 1 aliphatic rings. The highest BCUT2D eigenvalue weighted by Crippen LogP contribution is 2.26. The number of imidazole rings is 1. The van der Waals surface area contributed by atoms with Gasteiger partial charge < -0.3 is 4.90 Å². The molecule has 5 heteroatoms. The maximum atomic E-state index is 13.1. The van der Waals surface area contributed by atoms with Gasteiger partial charge in [-0.15, -0.1) is 0 Å². The quantitative estimate of drug-likeness (QED) is 0.804. The number of hydrogen-bond acceptors (Lipinski definition) is 3. The maximum absolute atomic E-state index is 13.1. The zero-order chi connectivity index (χ0) is 15.5. The number of thioether (sulfide) groups is 1. The molecule has 22 heavy (non-hydrogen) atoms. The number of pyridine rings is 1. The number of amides is 1. The standard InChI is InChI=1S/C17H23N3OS/c1-3-19(13-9-5-4-6-10-13)16(21)15-14-11-7-8-12-20(14)17(18-15)22-2/h7-8,11-13H,3-6,9-10H2,1-2H3. The summed E-state index contributed by atoms with van der Waals surface area (Å²) in [6.45, 7) is 2.82. The van der Waals surface area contributed by atoms with E-state index in [2.05, 4.69) is 11.9 Å². The van der Waals surface area contributed by atoms with Crippen LogP contribution in [-0.4, -0.2) is 39.0 Å². The lowest BCUT2D eigenvalue weighted by Gasteiger charge is -2.33. The van der Waals surface area contributed by atoms with Gasteiger partial charge in [-0.25, -0.2) is 4.98 Å². The van der Waals surface area contributed by atoms with Crippen molar-refractivity contribution in [3.05, 3.63) is 30.1 Å². The first kappa shape index (κ1) is 15.4. The summed E-state index contributed by atoms with van der Waals surface area (Å²) >= 11 is 1.57. The van der Waals surface area contributed by atoms with Crippen LogP contribution in [0.25, 0.3) is 5.52 Å². The van der Waals surface area contributed by atoms with Gasteiger partial charge in [0.25, 0.3) is 5.91 Å². The van der Waals surface area contributed by atoms with Crippen LogP contribution in [0.15, 0.2) is 29.6 Å². The average Bonchev–Trinajstić information content (AvgIpc) is 2.95. The van der Waals surface area contributed by atoms with Crippen LogP contribution in [0.3, 0.4) is 0 Å². The summed E-state index contributed by atoms with van der Waals surface area (Å²) in [4.78, 5) is 19.7. The third-order valence-corrected chi connectivity index (χ3v) is 5.17. The highest BCUT2D eigenvalue weighted by Gasteiger charge is 2.28. The van der Waals surface area contributed by atoms with Crippen molar-refractivity contribution in [2.24, 2.45) is 0 Å². The fourth-order valence-electron chi connectivity index (χ4n) is 3.41. The lowest BCUT2D eigenvalue weighted by Crippen LogP contribution is -2.41. The lowest BCUT2D eigenvalue weighted by molar-refractivity contribution is 0.0644. The van der Waals surface area contributed by atoms with Crippen molar-refractivity contribution in [1.29, 1.82) is 0 Å². The van der Waals surface area contributed by atoms with E-state index in [4.69, 9.17) is 0 Å². The molecular formula is C17H23N3OS. The molecule has 0 spiro atoms. The molecule has 2 heterocycles. The third-order valence-electron chi connectivity index (χ3n) is 4.52. The fourth-order valence-corrected chi connectivity index (χ4v) is 3.95. The zero-order valence-corrected chi connectivity index (χ0v) is 14.1. The third kappa shape index (κ3) is 2.74. The van der Waals surface area contributed by atoms with E-state index in [0.29, 0.717) is 11.7 Å². The second-order valence-electron chi connectivity index (χ2n) is 5.79. The minimum Gasteiger partial charge on any atom is -0.335 e. The van der Waals surface area contributed by atoms with Crippen molar-refractivity contribution in [3.63, 3.8) is 0 Å². The van der Waals surface area contributed by atoms with E-state index in [1.165, 1.54) is 19.3 Å². The molecule has 0 radical (unpaired) electrons. The number of carbonyl (C=O) groups is 1. The van der Waals surface area contributed by atoms with Crippen molar-refractivity contribution in [1.82, 2.24) is 14.3 Å². The fraction of sp³-hybridized carbons (Fsp3) is 0.529. The molecule has 0 aromatic carbocycles. The van der Waals surface area contributed by atoms with Crippen LogP contribution in [0.5, 0.6) is 0 Å². The normalized spacial score (nSPS) is 16.1. The largest absolute Gasteiger partial charge is 0.335 e. The van der Waals surface area contributed by atoms with E-state index < -0.39 is 0 Å². The summed E-state index contributed by atoms with van der Waals surface area (Å²) in [7, 11) is 0. The Labute approximate surface area is 135 Å². The number of nitrogens with zero attached hydrogens (tertiary/aromatic N) is 3. The lowest BCUT2D eigenvalue weighted by atomic mass is 9.94. The predicted octanol–water partition coefficient (Wildman–Crippen LogP) is 3.85. The topological polar surface area (TPSA) is 37.6 Å². The van der Waals surface area contributed by atoms with Crippen molar-refractivity contribution >= 4 is 23.2 Å². The van der Waals surface area contributed by atoms with Gasteiger partial charge in [0.15, 0.2) is 10.9 Å². The summed E-state index contributed by atoms with van der Waals surface area (Å²) in [6, 6.07) is 6.30. The van der Waals surface area contributed by atoms with Crippen LogP contribution in [-0.2, 0) is 0 Å². The molecule has 118 valence electrons. The summed E-state index contributed by atoms with van der Waals surface area (Å²) in [6.07, 6.45) is 9.98. The van der Waals surface area contributed by atoms with Gasteiger partial charge in [-0.05, 0) is 38.2 Å². The smallest absolute Gasteiger partial charge is 0.274 e. The van der Waals surface area contributed by atoms with Crippen LogP contribution >= 0.6 is 11.8 Å². The Morgan fingerprint density at radius 1 is 1.36 bits per heavy atom. The first-order chi connectivity index (χ1) is 10.8. The number of rotatable bonds is 4. The number of hydrogen-bond donors (Lipinski definition) is 0. The molecule has 0 bridgehead atoms. The number of carbonyl (C=O) groups excluding carboxylic acids is 1. The Balaban J connectivity index is 1.96. The molecule has 2 aromatic rings. The molecule has 0 unspecified atom stereocenters. The Morgan fingerprint density at radius 2 is 2.14 bits per heavy atom. The van der Waals surface area contributed by atoms with Crippen LogP contribution < -0.4 is 0 Å². The minimum absolute atomic E-state index is 0.0819. The van der Waals surface area contributed by atoms with Crippen LogP contribution in [0, 0.1) is 0 Å². The molecule has 0 N–H and O–H groups in total. The van der Waals surface area contributed by atoms with Gasteiger partial charge in [-0.2, -0.15) is 0 Å². The van der Waals surface area contributed by atoms with Gasteiger partial charge in [-0.3, -0.25) is 9.20 Å². The van der Waals surface area contributed by atoms with Crippen molar-refractivity contribution in [3.8, 4) is 0 Å². The molecule has 1 fully saturated rings. The number of fused-ring (bicyclic) bond motifs is 1. The van der Waals surface area contributed by atoms with Crippen molar-refractivity contribution in [2.45, 2.75) is 50.2 Å². The van der Waals surface area contributed by atoms with E-state index in [9.17, 15) is 4.79 Å². The van der Waals surface area contributed by atoms with Gasteiger partial charge in [0.05, 0.1) is 5.52 Å². The zero-order valence-electron chi connectivity index (χ0n) is 13.3. The highest BCUT2D eigenvalue weighted by atomic mass is 32.2. The van der Waals surface area contributed by atoms with E-state index in [0.717, 1.165) is 30.1 Å². The molecule has 4 nitrogen and oxygen atoms in total. The molecule has 2 aromatic heterocycles. The second-order valence-corrected chi connectivity index (χ2v) is 6.56. The average molecular weight is 317 g/mol. The maximum Gasteiger partial charge on any atom is 0.274 e. The van der Waals surface area contributed by atoms with Crippen LogP contribution in [0.1, 0.15) is 49.5 Å². The van der Waals surface area contributed by atoms with Gasteiger partial charge in [0.1, 0.15) is 0 Å². The molecule has 0 saturated heterocycles. The SMILES string of the molecule is CCN(C(=O)c1nc(SC)n2ccccc12)C1CCCCC1. The summed E-state index contributed by atoms with van der Waals surface area (Å²) in [5, 5.41) is 0.874. The predicted molar refractivity (Wildman–Crippen MR) is 90.6 cm³/mol. The van der Waals surface area contributed by atoms with Crippen molar-refractivity contribution in [2.75, 3.05) is 12.8 Å². The van der Waals surface area contributed by atoms with E-state index in [1.54, 1.807) is 11.8 Å². The Morgan fingerprint density at radius 3 is 2.82 bits per heavy atom. The van der Waals surface area contributed by atoms with Crippen LogP contribution in [0.2, 0.25) is 0 Å². The van der Waals surface area contributed by atoms with Gasteiger partial charge in [0.2, 0.25) is 0 Å². The molecular weight excluding hydrogens is 294 g/mol. The molecule has 1 amide bonds. The Kier molecular flexibility index (Phi) is 4.71. The van der Waals surface area contributed by atoms with Crippen LogP contribution in [0.4, 0.5) is 0 Å². The molecule has 0 aliphatic heterocycles. The summed E-state index contributed by atoms with van der Waals surface area (Å²) < 4.78 is 2.01. The highest BCUT2D eigenvalue weighted by molar-refractivity contribution is 7.98. The van der Waals surface area contributed by atoms with Gasteiger partial charge in [0, 0.05) is 18.8 Å². The first-order valence-corrected chi connectivity index (χ1v) is 9.30. The molecule has 0 atom stereocenters. The summed E-state index contributed by atoms with van der Waals surface area (Å²) in [5.74, 6) is 0.0819. The Bertz CT molecular complexity index is 661. The molecule has 1 aliphatic carbocycles. The minimum atomic E-state index is 0.0819. The van der Waals surface area contributed by atoms with Gasteiger partial charge >= 0.3 is 0 Å². The van der Waals surface area contributed by atoms with E-state index in [1.807, 2.05) is 40.0 Å². The second kappa shape index (κ2) is 6.73. The Hall–Kier alpha value is -1.49. The van der Waals surface area contributed by atoms with E-state index in [-0.39, 0.29) is 5.91 Å². The monoisotopic (exact) mass is 317 g/mol. The number of aromatic nitrogens is 2. The molecule has 1 saturated carbocycles. The van der Waals surface area contributed by atoms with Crippen molar-refractivity contribution < 1.29 is 4.79 Å². The summed E-state index contributed by atoms with van der Waals surface area (Å²) in [5.41, 5.74) is 1.50. The van der Waals surface area contributed by atoms with Gasteiger partial charge in [-0.1, -0.05) is 37.1 Å². The molecule has 3 rings (SSSR count). The first-order valence-electron chi connectivity index (χ1n) is 8.08.